The van der Waals surface area contributed by atoms with Gasteiger partial charge in [0, 0.05) is 30.6 Å². The summed E-state index contributed by atoms with van der Waals surface area (Å²) in [5.41, 5.74) is 0. The van der Waals surface area contributed by atoms with Gasteiger partial charge in [0.05, 0.1) is 42.3 Å². The van der Waals surface area contributed by atoms with Crippen LogP contribution >= 0.6 is 76.7 Å². The van der Waals surface area contributed by atoms with Crippen LogP contribution in [0, 0.1) is 5.92 Å². The van der Waals surface area contributed by atoms with E-state index in [1.54, 1.807) is 32.0 Å². The second-order valence-corrected chi connectivity index (χ2v) is 28.7. The zero-order valence-electron chi connectivity index (χ0n) is 40.5. The van der Waals surface area contributed by atoms with Crippen molar-refractivity contribution in [2.24, 2.45) is 5.92 Å². The summed E-state index contributed by atoms with van der Waals surface area (Å²) in [4.78, 5) is 133. The second-order valence-electron chi connectivity index (χ2n) is 14.2. The van der Waals surface area contributed by atoms with Gasteiger partial charge in [-0.05, 0) is 74.9 Å². The van der Waals surface area contributed by atoms with E-state index in [-0.39, 0.29) is 53.4 Å². The summed E-state index contributed by atoms with van der Waals surface area (Å²) >= 11 is 3.06. The number of ether oxygens (including phenoxy) is 2. The van der Waals surface area contributed by atoms with Gasteiger partial charge >= 0.3 is 60.8 Å². The van der Waals surface area contributed by atoms with Crippen molar-refractivity contribution in [3.63, 3.8) is 0 Å². The van der Waals surface area contributed by atoms with E-state index >= 15 is 0 Å². The first-order chi connectivity index (χ1) is 31.8. The number of benzene rings is 2. The van der Waals surface area contributed by atoms with Gasteiger partial charge in [0.1, 0.15) is 5.75 Å². The molecule has 2 unspecified atom stereocenters. The summed E-state index contributed by atoms with van der Waals surface area (Å²) in [7, 11) is -27.6. The van der Waals surface area contributed by atoms with Crippen molar-refractivity contribution >= 4 is 87.3 Å². The maximum absolute atomic E-state index is 10.7. The molecule has 0 bridgehead atoms. The zero-order valence-corrected chi connectivity index (χ0v) is 49.3. The molecule has 0 aromatic heterocycles. The lowest BCUT2D eigenvalue weighted by atomic mass is 10.0. The highest BCUT2D eigenvalue weighted by Gasteiger charge is 2.20. The van der Waals surface area contributed by atoms with Gasteiger partial charge in [-0.25, -0.2) is 0 Å². The smallest absolute Gasteiger partial charge is 0.356 e. The van der Waals surface area contributed by atoms with Crippen molar-refractivity contribution in [2.45, 2.75) is 85.7 Å². The van der Waals surface area contributed by atoms with Crippen LogP contribution in [0.25, 0.3) is 0 Å². The van der Waals surface area contributed by atoms with Crippen LogP contribution in [0.3, 0.4) is 0 Å². The SMILES string of the molecule is C=CP(=O)(O)O.CCCCC(CC)CP(=O)(O)O.CCCP(=O)(O)O.CCP(=O)(O)O.COC(C)CCP(=O)(O)O.COc1ccc(P(=O)(O)O)cc1.O=P(O)(O)CCCBr.O=P(O)(O)c1ccccc1. The van der Waals surface area contributed by atoms with E-state index in [9.17, 15) is 36.5 Å². The number of unbranched alkanes of at least 4 members (excludes halogenated alkanes) is 1. The first kappa shape index (κ1) is 82.0. The average molecular weight is 1250 g/mol. The van der Waals surface area contributed by atoms with Crippen LogP contribution in [-0.2, 0) is 41.3 Å². The highest BCUT2D eigenvalue weighted by molar-refractivity contribution is 9.09. The summed E-state index contributed by atoms with van der Waals surface area (Å²) in [6.07, 6.45) is 5.27. The van der Waals surface area contributed by atoms with Crippen molar-refractivity contribution < 1.29 is 124 Å². The van der Waals surface area contributed by atoms with Crippen molar-refractivity contribution in [1.29, 1.82) is 0 Å². The normalized spacial score (nSPS) is 12.6. The molecule has 0 aliphatic carbocycles. The molecule has 0 amide bonds. The van der Waals surface area contributed by atoms with Crippen LogP contribution in [0.2, 0.25) is 0 Å². The number of hydrogen-bond donors (Lipinski definition) is 16. The van der Waals surface area contributed by atoms with E-state index in [2.05, 4.69) is 29.4 Å². The number of alkyl halides is 1. The fraction of sp³-hybridized carbons (Fsp3) is 0.611. The second kappa shape index (κ2) is 42.7. The number of halogens is 1. The fourth-order valence-corrected chi connectivity index (χ4v) is 8.45. The van der Waals surface area contributed by atoms with E-state index < -0.39 is 60.8 Å². The summed E-state index contributed by atoms with van der Waals surface area (Å²) in [5, 5.41) is 0.719. The minimum Gasteiger partial charge on any atom is -0.497 e. The Morgan fingerprint density at radius 2 is 0.944 bits per heavy atom. The van der Waals surface area contributed by atoms with Crippen LogP contribution in [-0.4, -0.2) is 135 Å². The van der Waals surface area contributed by atoms with E-state index in [4.69, 9.17) is 87.8 Å². The van der Waals surface area contributed by atoms with E-state index in [0.717, 1.165) is 25.7 Å². The Morgan fingerprint density at radius 3 is 1.15 bits per heavy atom. The number of rotatable bonds is 20. The Labute approximate surface area is 424 Å². The predicted octanol–water partition coefficient (Wildman–Crippen LogP) is 5.97. The Kier molecular flexibility index (Phi) is 49.3. The monoisotopic (exact) mass is 1250 g/mol. The third-order valence-corrected chi connectivity index (χ3v) is 15.1. The minimum atomic E-state index is -4.10. The van der Waals surface area contributed by atoms with Gasteiger partial charge < -0.3 is 87.8 Å². The molecule has 0 radical (unpaired) electrons. The summed E-state index contributed by atoms with van der Waals surface area (Å²) in [6.45, 7) is 11.9. The Hall–Kier alpha value is -0.380. The van der Waals surface area contributed by atoms with E-state index in [0.29, 0.717) is 36.2 Å². The standard InChI is InChI=1S/C8H19O3P.C7H9O4P.C6H7O3P.C5H13O4P.C3H8BrO3P.C3H9O3P.C2H7O3P.C2H5O3P/c1-3-5-6-8(4-2)7-12(9,10)11;1-11-6-2-4-7(5-3-6)12(8,9)10;7-10(8,9)6-4-2-1-3-5-6;1-5(9-2)3-4-10(6,7)8;4-2-1-3-8(5,6)7;1-2-3-7(4,5)6;2*1-2-6(3,4)5/h8H,3-7H2,1-2H3,(H2,9,10,11);2-5H,1H3,(H2,8,9,10);1-5H,(H2,7,8,9);5H,3-4H2,1-2H3,(H2,6,7,8);1-3H2,(H2,5,6,7);2-3H2,1H3,(H2,4,5,6);2H2,1H3,(H2,3,4,5);2H,1H2,(H2,3,4,5). The molecule has 0 saturated heterocycles. The molecule has 2 rings (SSSR count). The molecule has 424 valence electrons. The summed E-state index contributed by atoms with van der Waals surface area (Å²) in [5.74, 6) is 1.38. The van der Waals surface area contributed by atoms with Gasteiger partial charge in [0.15, 0.2) is 0 Å². The van der Waals surface area contributed by atoms with Crippen molar-refractivity contribution in [1.82, 2.24) is 0 Å². The third kappa shape index (κ3) is 73.9. The Morgan fingerprint density at radius 1 is 0.549 bits per heavy atom. The topological polar surface area (TPSA) is 479 Å². The molecule has 16 N–H and O–H groups in total. The maximum atomic E-state index is 10.7. The summed E-state index contributed by atoms with van der Waals surface area (Å²) in [6, 6.07) is 13.4. The molecule has 0 heterocycles. The van der Waals surface area contributed by atoms with E-state index in [1.165, 1.54) is 57.5 Å². The Bertz CT molecular complexity index is 2020. The molecular weight excluding hydrogens is 1180 g/mol. The first-order valence-electron chi connectivity index (χ1n) is 20.6. The molecule has 0 spiro atoms. The quantitative estimate of drug-likeness (QED) is 0.0536. The van der Waals surface area contributed by atoms with Crippen LogP contribution in [0.1, 0.15) is 79.6 Å². The van der Waals surface area contributed by atoms with Crippen molar-refractivity contribution in [3.8, 4) is 5.75 Å². The molecule has 0 fully saturated rings. The van der Waals surface area contributed by atoms with Gasteiger partial charge in [0.2, 0.25) is 0 Å². The fourth-order valence-electron chi connectivity index (χ4n) is 3.68. The molecule has 2 aromatic carbocycles. The zero-order chi connectivity index (χ0) is 57.6. The summed E-state index contributed by atoms with van der Waals surface area (Å²) < 4.78 is 91.1. The first-order valence-corrected chi connectivity index (χ1v) is 35.7. The van der Waals surface area contributed by atoms with Gasteiger partial charge in [-0.3, -0.25) is 36.5 Å². The third-order valence-electron chi connectivity index (χ3n) is 7.52. The molecule has 71 heavy (non-hydrogen) atoms. The minimum absolute atomic E-state index is 0.00306. The van der Waals surface area contributed by atoms with Gasteiger partial charge in [-0.15, -0.1) is 0 Å². The molecule has 2 aromatic rings. The Balaban J connectivity index is -0.000000172. The van der Waals surface area contributed by atoms with Crippen LogP contribution < -0.4 is 15.3 Å². The van der Waals surface area contributed by atoms with Gasteiger partial charge in [-0.2, -0.15) is 0 Å². The highest BCUT2D eigenvalue weighted by atomic mass is 79.9. The van der Waals surface area contributed by atoms with Crippen LogP contribution in [0.15, 0.2) is 67.0 Å². The lowest BCUT2D eigenvalue weighted by Gasteiger charge is -2.14. The number of methoxy groups -OCH3 is 2. The lowest BCUT2D eigenvalue weighted by molar-refractivity contribution is 0.114. The molecule has 26 nitrogen and oxygen atoms in total. The van der Waals surface area contributed by atoms with Gasteiger partial charge in [0.25, 0.3) is 0 Å². The van der Waals surface area contributed by atoms with E-state index in [1.807, 2.05) is 6.92 Å². The van der Waals surface area contributed by atoms with Crippen LogP contribution in [0.5, 0.6) is 5.75 Å². The molecule has 2 atom stereocenters. The van der Waals surface area contributed by atoms with Crippen molar-refractivity contribution in [3.05, 3.63) is 67.0 Å². The predicted molar refractivity (Wildman–Crippen MR) is 278 cm³/mol. The van der Waals surface area contributed by atoms with Gasteiger partial charge in [-0.1, -0.05) is 87.7 Å². The number of hydrogen-bond acceptors (Lipinski definition) is 10. The largest absolute Gasteiger partial charge is 0.497 e. The maximum Gasteiger partial charge on any atom is 0.356 e. The van der Waals surface area contributed by atoms with Crippen molar-refractivity contribution in [2.75, 3.05) is 50.4 Å². The van der Waals surface area contributed by atoms with Crippen LogP contribution in [0.4, 0.5) is 0 Å². The average Bonchev–Trinajstić information content (AvgIpc) is 3.23. The molecular formula is C36H77BrO26P8. The molecule has 35 heteroatoms. The highest BCUT2D eigenvalue weighted by Crippen LogP contribution is 2.40. The molecule has 0 saturated carbocycles. The molecule has 0 aliphatic heterocycles. The lowest BCUT2D eigenvalue weighted by Crippen LogP contribution is -2.06. The molecule has 0 aliphatic rings.